The zero-order valence-electron chi connectivity index (χ0n) is 17.6. The molecule has 3 aromatic carbocycles. The predicted octanol–water partition coefficient (Wildman–Crippen LogP) is 1.93. The van der Waals surface area contributed by atoms with Crippen LogP contribution in [0.3, 0.4) is 0 Å². The van der Waals surface area contributed by atoms with E-state index in [1.165, 1.54) is 13.2 Å². The standard InChI is InChI=1S/C23H20O11/c1-32-19-5-10(4-17(28)21(19)30)22(31)34-23(11-2-3-14(25)16(27)6-11)20(29)9-13-15(26)7-12(24)8-18(13)33-23/h2-8,20,24-30H,9H2,1H3/t20-,23?/m1/s1. The highest BCUT2D eigenvalue weighted by Gasteiger charge is 2.51. The zero-order chi connectivity index (χ0) is 24.8. The SMILES string of the molecule is COc1cc(C(=O)OC2(c3ccc(O)c(O)c3)Oc3cc(O)cc(O)c3C[C@H]2O)cc(O)c1O. The minimum Gasteiger partial charge on any atom is -0.508 e. The Morgan fingerprint density at radius 2 is 1.68 bits per heavy atom. The van der Waals surface area contributed by atoms with Crippen molar-refractivity contribution in [3.05, 3.63) is 59.2 Å². The van der Waals surface area contributed by atoms with Gasteiger partial charge in [-0.2, -0.15) is 0 Å². The first kappa shape index (κ1) is 22.7. The molecule has 11 heteroatoms. The summed E-state index contributed by atoms with van der Waals surface area (Å²) >= 11 is 0. The Bertz CT molecular complexity index is 1290. The Morgan fingerprint density at radius 3 is 2.35 bits per heavy atom. The number of aliphatic hydroxyl groups is 1. The first-order chi connectivity index (χ1) is 16.1. The summed E-state index contributed by atoms with van der Waals surface area (Å²) in [6, 6.07) is 7.50. The number of phenols is 6. The van der Waals surface area contributed by atoms with E-state index < -0.39 is 40.9 Å². The molecule has 1 aliphatic rings. The highest BCUT2D eigenvalue weighted by molar-refractivity contribution is 5.91. The van der Waals surface area contributed by atoms with Gasteiger partial charge in [0.1, 0.15) is 23.4 Å². The number of rotatable bonds is 4. The van der Waals surface area contributed by atoms with E-state index in [1.807, 2.05) is 0 Å². The van der Waals surface area contributed by atoms with Crippen LogP contribution in [-0.4, -0.2) is 54.9 Å². The summed E-state index contributed by atoms with van der Waals surface area (Å²) in [6.07, 6.45) is -1.93. The van der Waals surface area contributed by atoms with Crippen LogP contribution in [0.2, 0.25) is 0 Å². The van der Waals surface area contributed by atoms with E-state index in [-0.39, 0.29) is 46.1 Å². The molecule has 1 heterocycles. The average Bonchev–Trinajstić information content (AvgIpc) is 2.78. The number of esters is 1. The molecule has 0 bridgehead atoms. The second-order valence-electron chi connectivity index (χ2n) is 7.57. The van der Waals surface area contributed by atoms with Gasteiger partial charge in [-0.3, -0.25) is 0 Å². The molecule has 34 heavy (non-hydrogen) atoms. The van der Waals surface area contributed by atoms with Gasteiger partial charge in [-0.15, -0.1) is 0 Å². The van der Waals surface area contributed by atoms with E-state index in [9.17, 15) is 40.5 Å². The number of fused-ring (bicyclic) bond motifs is 1. The van der Waals surface area contributed by atoms with Crippen molar-refractivity contribution in [3.8, 4) is 46.0 Å². The van der Waals surface area contributed by atoms with E-state index >= 15 is 0 Å². The largest absolute Gasteiger partial charge is 0.508 e. The molecule has 0 saturated heterocycles. The third-order valence-corrected chi connectivity index (χ3v) is 5.40. The highest BCUT2D eigenvalue weighted by Crippen LogP contribution is 2.47. The maximum atomic E-state index is 13.1. The molecular formula is C23H20O11. The smallest absolute Gasteiger partial charge is 0.342 e. The first-order valence-corrected chi connectivity index (χ1v) is 9.83. The van der Waals surface area contributed by atoms with Crippen LogP contribution in [0.5, 0.6) is 46.0 Å². The van der Waals surface area contributed by atoms with Crippen LogP contribution in [-0.2, 0) is 16.9 Å². The number of phenolic OH excluding ortho intramolecular Hbond substituents is 6. The van der Waals surface area contributed by atoms with E-state index in [0.717, 1.165) is 36.4 Å². The minimum absolute atomic E-state index is 0.0907. The Labute approximate surface area is 191 Å². The zero-order valence-corrected chi connectivity index (χ0v) is 17.6. The van der Waals surface area contributed by atoms with Crippen molar-refractivity contribution in [1.29, 1.82) is 0 Å². The summed E-state index contributed by atoms with van der Waals surface area (Å²) in [5.74, 6) is -6.90. The van der Waals surface area contributed by atoms with Gasteiger partial charge in [0, 0.05) is 29.7 Å². The Hall–Kier alpha value is -4.51. The van der Waals surface area contributed by atoms with Crippen molar-refractivity contribution in [2.75, 3.05) is 7.11 Å². The predicted molar refractivity (Wildman–Crippen MR) is 113 cm³/mol. The molecule has 0 spiro atoms. The minimum atomic E-state index is -2.32. The summed E-state index contributed by atoms with van der Waals surface area (Å²) in [5, 5.41) is 70.5. The molecule has 0 saturated carbocycles. The van der Waals surface area contributed by atoms with Crippen LogP contribution in [0.25, 0.3) is 0 Å². The van der Waals surface area contributed by atoms with Crippen molar-refractivity contribution >= 4 is 5.97 Å². The average molecular weight is 472 g/mol. The Morgan fingerprint density at radius 1 is 0.941 bits per heavy atom. The van der Waals surface area contributed by atoms with Crippen molar-refractivity contribution < 1.29 is 54.8 Å². The molecule has 7 N–H and O–H groups in total. The maximum absolute atomic E-state index is 13.1. The van der Waals surface area contributed by atoms with Crippen molar-refractivity contribution in [1.82, 2.24) is 0 Å². The highest BCUT2D eigenvalue weighted by atomic mass is 16.7. The summed E-state index contributed by atoms with van der Waals surface area (Å²) in [6.45, 7) is 0. The fraction of sp³-hybridized carbons (Fsp3) is 0.174. The van der Waals surface area contributed by atoms with Gasteiger partial charge in [0.05, 0.1) is 12.7 Å². The molecule has 1 unspecified atom stereocenters. The molecule has 4 rings (SSSR count). The molecule has 0 aliphatic carbocycles. The van der Waals surface area contributed by atoms with Crippen molar-refractivity contribution in [2.45, 2.75) is 18.3 Å². The number of carbonyl (C=O) groups is 1. The quantitative estimate of drug-likeness (QED) is 0.217. The Balaban J connectivity index is 1.85. The van der Waals surface area contributed by atoms with Crippen LogP contribution in [0.15, 0.2) is 42.5 Å². The van der Waals surface area contributed by atoms with Crippen LogP contribution in [0, 0.1) is 0 Å². The number of ether oxygens (including phenoxy) is 3. The third kappa shape index (κ3) is 3.67. The van der Waals surface area contributed by atoms with Gasteiger partial charge in [-0.05, 0) is 30.3 Å². The lowest BCUT2D eigenvalue weighted by Crippen LogP contribution is -2.52. The molecule has 2 atom stereocenters. The van der Waals surface area contributed by atoms with Gasteiger partial charge in [0.25, 0.3) is 0 Å². The number of benzene rings is 3. The second kappa shape index (κ2) is 8.12. The maximum Gasteiger partial charge on any atom is 0.342 e. The lowest BCUT2D eigenvalue weighted by atomic mass is 9.90. The van der Waals surface area contributed by atoms with Crippen LogP contribution in [0.4, 0.5) is 0 Å². The summed E-state index contributed by atoms with van der Waals surface area (Å²) in [4.78, 5) is 13.1. The molecule has 11 nitrogen and oxygen atoms in total. The molecule has 0 aromatic heterocycles. The van der Waals surface area contributed by atoms with Gasteiger partial charge in [-0.25, -0.2) is 4.79 Å². The Kier molecular flexibility index (Phi) is 5.42. The van der Waals surface area contributed by atoms with Gasteiger partial charge in [0.2, 0.25) is 5.75 Å². The van der Waals surface area contributed by atoms with E-state index in [0.29, 0.717) is 0 Å². The van der Waals surface area contributed by atoms with Crippen LogP contribution < -0.4 is 9.47 Å². The normalized spacial score (nSPS) is 19.1. The molecular weight excluding hydrogens is 452 g/mol. The monoisotopic (exact) mass is 472 g/mol. The lowest BCUT2D eigenvalue weighted by molar-refractivity contribution is -0.222. The third-order valence-electron chi connectivity index (χ3n) is 5.40. The van der Waals surface area contributed by atoms with Gasteiger partial charge >= 0.3 is 11.8 Å². The van der Waals surface area contributed by atoms with Gasteiger partial charge in [0.15, 0.2) is 23.0 Å². The fourth-order valence-electron chi connectivity index (χ4n) is 3.67. The van der Waals surface area contributed by atoms with Crippen molar-refractivity contribution in [3.63, 3.8) is 0 Å². The van der Waals surface area contributed by atoms with Crippen molar-refractivity contribution in [2.24, 2.45) is 0 Å². The molecule has 1 aliphatic heterocycles. The summed E-state index contributed by atoms with van der Waals surface area (Å²) in [5.41, 5.74) is -0.245. The first-order valence-electron chi connectivity index (χ1n) is 9.83. The number of carbonyl (C=O) groups excluding carboxylic acids is 1. The van der Waals surface area contributed by atoms with E-state index in [2.05, 4.69) is 0 Å². The lowest BCUT2D eigenvalue weighted by Gasteiger charge is -2.41. The fourth-order valence-corrected chi connectivity index (χ4v) is 3.67. The number of aliphatic hydroxyl groups excluding tert-OH is 1. The van der Waals surface area contributed by atoms with Crippen LogP contribution in [0.1, 0.15) is 21.5 Å². The topological polar surface area (TPSA) is 186 Å². The summed E-state index contributed by atoms with van der Waals surface area (Å²) in [7, 11) is 1.20. The van der Waals surface area contributed by atoms with Gasteiger partial charge in [-0.1, -0.05) is 0 Å². The van der Waals surface area contributed by atoms with Gasteiger partial charge < -0.3 is 50.0 Å². The molecule has 0 radical (unpaired) electrons. The molecule has 3 aromatic rings. The van der Waals surface area contributed by atoms with Crippen LogP contribution >= 0.6 is 0 Å². The second-order valence-corrected chi connectivity index (χ2v) is 7.57. The number of hydrogen-bond acceptors (Lipinski definition) is 11. The number of aromatic hydroxyl groups is 6. The van der Waals surface area contributed by atoms with E-state index in [1.54, 1.807) is 0 Å². The number of hydrogen-bond donors (Lipinski definition) is 7. The van der Waals surface area contributed by atoms with E-state index in [4.69, 9.17) is 14.2 Å². The molecule has 0 fully saturated rings. The number of methoxy groups -OCH3 is 1. The molecule has 0 amide bonds. The molecule has 178 valence electrons. The summed E-state index contributed by atoms with van der Waals surface area (Å²) < 4.78 is 16.3.